The van der Waals surface area contributed by atoms with E-state index < -0.39 is 22.0 Å². The maximum atomic E-state index is 12.5. The van der Waals surface area contributed by atoms with Crippen LogP contribution in [0.15, 0.2) is 23.1 Å². The average molecular weight is 388 g/mol. The van der Waals surface area contributed by atoms with Crippen molar-refractivity contribution in [2.75, 3.05) is 13.1 Å². The first kappa shape index (κ1) is 19.7. The largest absolute Gasteiger partial charge is 0.350 e. The van der Waals surface area contributed by atoms with Crippen LogP contribution in [-0.2, 0) is 10.0 Å². The summed E-state index contributed by atoms with van der Waals surface area (Å²) in [6.07, 6.45) is 2.10. The average Bonchev–Trinajstić information content (AvgIpc) is 3.10. The molecular weight excluding hydrogens is 366 g/mol. The molecule has 1 fully saturated rings. The molecule has 138 valence electrons. The second-order valence-corrected chi connectivity index (χ2v) is 8.20. The predicted octanol–water partition coefficient (Wildman–Crippen LogP) is 1.14. The van der Waals surface area contributed by atoms with E-state index in [1.165, 1.54) is 18.2 Å². The summed E-state index contributed by atoms with van der Waals surface area (Å²) in [5.41, 5.74) is 0.367. The first-order valence-corrected chi connectivity index (χ1v) is 9.51. The zero-order valence-corrected chi connectivity index (χ0v) is 15.7. The maximum Gasteiger partial charge on any atom is 0.269 e. The molecule has 0 aromatic heterocycles. The summed E-state index contributed by atoms with van der Waals surface area (Å²) < 4.78 is 25.9. The van der Waals surface area contributed by atoms with Gasteiger partial charge in [-0.15, -0.1) is 12.4 Å². The van der Waals surface area contributed by atoms with Crippen molar-refractivity contribution in [1.29, 1.82) is 0 Å². The number of fused-ring (bicyclic) bond motifs is 1. The van der Waals surface area contributed by atoms with Gasteiger partial charge in [-0.2, -0.15) is 0 Å². The van der Waals surface area contributed by atoms with E-state index in [1.807, 2.05) is 0 Å². The van der Waals surface area contributed by atoms with Crippen LogP contribution in [0.2, 0.25) is 0 Å². The van der Waals surface area contributed by atoms with Gasteiger partial charge >= 0.3 is 0 Å². The summed E-state index contributed by atoms with van der Waals surface area (Å²) >= 11 is 0. The van der Waals surface area contributed by atoms with Crippen LogP contribution < -0.4 is 10.6 Å². The van der Waals surface area contributed by atoms with Gasteiger partial charge in [-0.25, -0.2) is 12.7 Å². The Kier molecular flexibility index (Phi) is 5.75. The van der Waals surface area contributed by atoms with E-state index in [0.29, 0.717) is 6.54 Å². The molecule has 0 aliphatic carbocycles. The van der Waals surface area contributed by atoms with Crippen LogP contribution in [0.4, 0.5) is 0 Å². The lowest BCUT2D eigenvalue weighted by molar-refractivity contribution is 0.0845. The van der Waals surface area contributed by atoms with Crippen molar-refractivity contribution in [3.05, 3.63) is 29.3 Å². The Bertz CT molecular complexity index is 789. The zero-order chi connectivity index (χ0) is 17.5. The van der Waals surface area contributed by atoms with Gasteiger partial charge in [0.2, 0.25) is 0 Å². The van der Waals surface area contributed by atoms with Gasteiger partial charge in [0.25, 0.3) is 21.8 Å². The molecule has 2 aliphatic rings. The lowest BCUT2D eigenvalue weighted by Gasteiger charge is -2.18. The van der Waals surface area contributed by atoms with Crippen molar-refractivity contribution in [3.63, 3.8) is 0 Å². The van der Waals surface area contributed by atoms with Crippen molar-refractivity contribution in [2.24, 2.45) is 0 Å². The van der Waals surface area contributed by atoms with Gasteiger partial charge in [0.05, 0.1) is 5.56 Å². The predicted molar refractivity (Wildman–Crippen MR) is 95.5 cm³/mol. The van der Waals surface area contributed by atoms with Gasteiger partial charge in [-0.3, -0.25) is 9.59 Å². The number of benzene rings is 1. The smallest absolute Gasteiger partial charge is 0.269 e. The Morgan fingerprint density at radius 2 is 2.12 bits per heavy atom. The normalized spacial score (nSPS) is 21.2. The summed E-state index contributed by atoms with van der Waals surface area (Å²) in [5, 5.41) is 6.09. The lowest BCUT2D eigenvalue weighted by atomic mass is 10.1. The van der Waals surface area contributed by atoms with Crippen LogP contribution in [0.25, 0.3) is 0 Å². The third-order valence-corrected chi connectivity index (χ3v) is 6.35. The molecule has 0 saturated carbocycles. The van der Waals surface area contributed by atoms with Crippen molar-refractivity contribution in [2.45, 2.75) is 43.7 Å². The van der Waals surface area contributed by atoms with Gasteiger partial charge in [0, 0.05) is 24.2 Å². The molecule has 0 spiro atoms. The van der Waals surface area contributed by atoms with E-state index in [2.05, 4.69) is 10.6 Å². The van der Waals surface area contributed by atoms with E-state index in [9.17, 15) is 18.0 Å². The highest BCUT2D eigenvalue weighted by atomic mass is 35.5. The Morgan fingerprint density at radius 3 is 2.72 bits per heavy atom. The number of halogens is 1. The fourth-order valence-electron chi connectivity index (χ4n) is 3.15. The second kappa shape index (κ2) is 7.31. The number of carbonyl (C=O) groups is 2. The first-order chi connectivity index (χ1) is 11.3. The molecule has 1 aromatic carbocycles. The summed E-state index contributed by atoms with van der Waals surface area (Å²) in [6, 6.07) is 3.99. The fourth-order valence-corrected chi connectivity index (χ4v) is 4.94. The van der Waals surface area contributed by atoms with E-state index in [0.717, 1.165) is 23.7 Å². The summed E-state index contributed by atoms with van der Waals surface area (Å²) in [6.45, 7) is 4.73. The number of hydrogen-bond donors (Lipinski definition) is 2. The highest BCUT2D eigenvalue weighted by Gasteiger charge is 2.42. The topological polar surface area (TPSA) is 95.6 Å². The summed E-state index contributed by atoms with van der Waals surface area (Å²) in [5.74, 6) is -0.876. The van der Waals surface area contributed by atoms with E-state index in [4.69, 9.17) is 0 Å². The van der Waals surface area contributed by atoms with Gasteiger partial charge < -0.3 is 10.6 Å². The van der Waals surface area contributed by atoms with Crippen molar-refractivity contribution in [3.8, 4) is 0 Å². The monoisotopic (exact) mass is 387 g/mol. The minimum atomic E-state index is -3.89. The highest BCUT2D eigenvalue weighted by Crippen LogP contribution is 2.32. The third kappa shape index (κ3) is 3.51. The van der Waals surface area contributed by atoms with Crippen molar-refractivity contribution in [1.82, 2.24) is 14.9 Å². The Balaban J connectivity index is 0.00000225. The Morgan fingerprint density at radius 1 is 1.40 bits per heavy atom. The number of nitrogens with one attached hydrogen (secondary N) is 2. The third-order valence-electron chi connectivity index (χ3n) is 4.35. The van der Waals surface area contributed by atoms with E-state index in [-0.39, 0.29) is 40.4 Å². The SMILES string of the molecule is CC(C)N1C(=O)c2ccc(C(=O)NCC3CCCN3)cc2S1(=O)=O.Cl. The van der Waals surface area contributed by atoms with Crippen LogP contribution in [-0.4, -0.2) is 49.7 Å². The molecular formula is C16H22ClN3O4S. The molecule has 7 nitrogen and oxygen atoms in total. The van der Waals surface area contributed by atoms with Crippen LogP contribution in [0.5, 0.6) is 0 Å². The van der Waals surface area contributed by atoms with E-state index >= 15 is 0 Å². The van der Waals surface area contributed by atoms with Crippen LogP contribution in [0.3, 0.4) is 0 Å². The van der Waals surface area contributed by atoms with Gasteiger partial charge in [-0.1, -0.05) is 0 Å². The minimum Gasteiger partial charge on any atom is -0.350 e. The minimum absolute atomic E-state index is 0. The molecule has 9 heteroatoms. The molecule has 2 heterocycles. The highest BCUT2D eigenvalue weighted by molar-refractivity contribution is 7.90. The number of carbonyl (C=O) groups excluding carboxylic acids is 2. The number of hydrogen-bond acceptors (Lipinski definition) is 5. The number of nitrogens with zero attached hydrogens (tertiary/aromatic N) is 1. The molecule has 3 rings (SSSR count). The van der Waals surface area contributed by atoms with Gasteiger partial charge in [0.1, 0.15) is 4.90 Å². The van der Waals surface area contributed by atoms with Gasteiger partial charge in [0.15, 0.2) is 0 Å². The maximum absolute atomic E-state index is 12.5. The lowest BCUT2D eigenvalue weighted by Crippen LogP contribution is -2.37. The van der Waals surface area contributed by atoms with Crippen molar-refractivity contribution < 1.29 is 18.0 Å². The second-order valence-electron chi connectivity index (χ2n) is 6.41. The molecule has 1 aromatic rings. The molecule has 2 aliphatic heterocycles. The standard InChI is InChI=1S/C16H21N3O4S.ClH/c1-10(2)19-16(21)13-6-5-11(8-14(13)24(19,22)23)15(20)18-9-12-4-3-7-17-12;/h5-6,8,10,12,17H,3-4,7,9H2,1-2H3,(H,18,20);1H. The summed E-state index contributed by atoms with van der Waals surface area (Å²) in [7, 11) is -3.89. The first-order valence-electron chi connectivity index (χ1n) is 8.07. The Hall–Kier alpha value is -1.64. The molecule has 0 bridgehead atoms. The molecule has 1 unspecified atom stereocenters. The zero-order valence-electron chi connectivity index (χ0n) is 14.1. The van der Waals surface area contributed by atoms with Crippen molar-refractivity contribution >= 4 is 34.2 Å². The van der Waals surface area contributed by atoms with E-state index in [1.54, 1.807) is 13.8 Å². The molecule has 0 radical (unpaired) electrons. The summed E-state index contributed by atoms with van der Waals surface area (Å²) in [4.78, 5) is 24.5. The molecule has 2 N–H and O–H groups in total. The van der Waals surface area contributed by atoms with Gasteiger partial charge in [-0.05, 0) is 51.4 Å². The Labute approximate surface area is 153 Å². The molecule has 25 heavy (non-hydrogen) atoms. The quantitative estimate of drug-likeness (QED) is 0.807. The molecule has 1 atom stereocenters. The molecule has 1 saturated heterocycles. The molecule has 2 amide bonds. The van der Waals surface area contributed by atoms with Crippen LogP contribution in [0.1, 0.15) is 47.4 Å². The van der Waals surface area contributed by atoms with Crippen LogP contribution >= 0.6 is 12.4 Å². The number of amides is 2. The number of rotatable bonds is 4. The fraction of sp³-hybridized carbons (Fsp3) is 0.500. The van der Waals surface area contributed by atoms with Crippen LogP contribution in [0, 0.1) is 0 Å². The number of sulfonamides is 1.